The number of hydrogen-bond donors (Lipinski definition) is 1. The van der Waals surface area contributed by atoms with Crippen molar-refractivity contribution in [1.29, 1.82) is 0 Å². The summed E-state index contributed by atoms with van der Waals surface area (Å²) < 4.78 is 2.19. The van der Waals surface area contributed by atoms with Crippen LogP contribution in [0.3, 0.4) is 0 Å². The predicted molar refractivity (Wildman–Crippen MR) is 112 cm³/mol. The highest BCUT2D eigenvalue weighted by molar-refractivity contribution is 8.14. The van der Waals surface area contributed by atoms with Crippen molar-refractivity contribution in [2.45, 2.75) is 19.2 Å². The largest absolute Gasteiger partial charge is 0.318 e. The third kappa shape index (κ3) is 3.13. The zero-order chi connectivity index (χ0) is 18.3. The standard InChI is InChI=1S/C20H17Cl2N3S/c1-12-10-16(13(2)25(12)15-8-9-17(21)18(22)11-15)20-24-23-19(26-20)14-6-4-3-5-7-14/h3-11,20,24H,1-2H3/t20-/m0/s1. The number of rotatable bonds is 3. The molecule has 0 saturated carbocycles. The number of hydrogen-bond acceptors (Lipinski definition) is 3. The van der Waals surface area contributed by atoms with Gasteiger partial charge in [-0.15, -0.1) is 0 Å². The van der Waals surface area contributed by atoms with E-state index in [0.29, 0.717) is 10.0 Å². The molecular weight excluding hydrogens is 385 g/mol. The van der Waals surface area contributed by atoms with Crippen molar-refractivity contribution in [3.8, 4) is 5.69 Å². The Kier molecular flexibility index (Phi) is 4.74. The molecule has 1 aromatic heterocycles. The highest BCUT2D eigenvalue weighted by Crippen LogP contribution is 2.38. The normalized spacial score (nSPS) is 16.5. The molecule has 2 heterocycles. The van der Waals surface area contributed by atoms with Crippen LogP contribution in [0.4, 0.5) is 0 Å². The lowest BCUT2D eigenvalue weighted by atomic mass is 10.2. The Morgan fingerprint density at radius 1 is 1.00 bits per heavy atom. The van der Waals surface area contributed by atoms with Crippen molar-refractivity contribution in [3.63, 3.8) is 0 Å². The topological polar surface area (TPSA) is 29.3 Å². The maximum atomic E-state index is 6.21. The summed E-state index contributed by atoms with van der Waals surface area (Å²) in [6.45, 7) is 4.21. The van der Waals surface area contributed by atoms with Gasteiger partial charge >= 0.3 is 0 Å². The summed E-state index contributed by atoms with van der Waals surface area (Å²) in [5.41, 5.74) is 8.93. The van der Waals surface area contributed by atoms with Crippen LogP contribution in [0, 0.1) is 13.8 Å². The van der Waals surface area contributed by atoms with E-state index in [0.717, 1.165) is 27.7 Å². The van der Waals surface area contributed by atoms with Crippen LogP contribution in [0.5, 0.6) is 0 Å². The minimum Gasteiger partial charge on any atom is -0.318 e. The maximum Gasteiger partial charge on any atom is 0.126 e. The first kappa shape index (κ1) is 17.5. The van der Waals surface area contributed by atoms with Gasteiger partial charge in [-0.1, -0.05) is 65.3 Å². The van der Waals surface area contributed by atoms with Gasteiger partial charge in [0.1, 0.15) is 10.4 Å². The molecule has 0 amide bonds. The van der Waals surface area contributed by atoms with Gasteiger partial charge in [0.15, 0.2) is 0 Å². The van der Waals surface area contributed by atoms with E-state index in [9.17, 15) is 0 Å². The van der Waals surface area contributed by atoms with Gasteiger partial charge in [-0.25, -0.2) is 0 Å². The molecule has 6 heteroatoms. The SMILES string of the molecule is Cc1cc([C@H]2NN=C(c3ccccc3)S2)c(C)n1-c1ccc(Cl)c(Cl)c1. The minimum absolute atomic E-state index is 0.0907. The molecule has 0 radical (unpaired) electrons. The summed E-state index contributed by atoms with van der Waals surface area (Å²) in [6.07, 6.45) is 0. The number of nitrogens with one attached hydrogen (secondary N) is 1. The molecule has 0 unspecified atom stereocenters. The van der Waals surface area contributed by atoms with Crippen molar-refractivity contribution in [2.75, 3.05) is 0 Å². The Labute approximate surface area is 167 Å². The first-order valence-corrected chi connectivity index (χ1v) is 9.87. The van der Waals surface area contributed by atoms with Crippen LogP contribution in [0.2, 0.25) is 10.0 Å². The molecule has 3 nitrogen and oxygen atoms in total. The highest BCUT2D eigenvalue weighted by Gasteiger charge is 2.26. The summed E-state index contributed by atoms with van der Waals surface area (Å²) in [4.78, 5) is 0. The lowest BCUT2D eigenvalue weighted by Gasteiger charge is -2.13. The minimum atomic E-state index is 0.0907. The van der Waals surface area contributed by atoms with E-state index in [2.05, 4.69) is 47.1 Å². The molecule has 0 saturated heterocycles. The Bertz CT molecular complexity index is 996. The quantitative estimate of drug-likeness (QED) is 0.574. The molecule has 0 fully saturated rings. The van der Waals surface area contributed by atoms with Crippen LogP contribution in [-0.2, 0) is 0 Å². The number of aromatic nitrogens is 1. The zero-order valence-corrected chi connectivity index (χ0v) is 16.7. The lowest BCUT2D eigenvalue weighted by molar-refractivity contribution is 0.737. The van der Waals surface area contributed by atoms with Crippen molar-refractivity contribution in [3.05, 3.63) is 87.2 Å². The molecule has 1 aliphatic rings. The van der Waals surface area contributed by atoms with Gasteiger partial charge in [-0.3, -0.25) is 5.43 Å². The number of nitrogens with zero attached hydrogens (tertiary/aromatic N) is 2. The van der Waals surface area contributed by atoms with Crippen LogP contribution < -0.4 is 5.43 Å². The van der Waals surface area contributed by atoms with E-state index in [4.69, 9.17) is 23.2 Å². The summed E-state index contributed by atoms with van der Waals surface area (Å²) in [5, 5.41) is 6.74. The number of benzene rings is 2. The fourth-order valence-electron chi connectivity index (χ4n) is 3.20. The van der Waals surface area contributed by atoms with Crippen molar-refractivity contribution in [2.24, 2.45) is 5.10 Å². The molecule has 2 aromatic carbocycles. The second-order valence-corrected chi connectivity index (χ2v) is 8.08. The highest BCUT2D eigenvalue weighted by atomic mass is 35.5. The Hall–Kier alpha value is -1.88. The summed E-state index contributed by atoms with van der Waals surface area (Å²) in [5.74, 6) is 0. The van der Waals surface area contributed by atoms with Gasteiger partial charge in [0.05, 0.1) is 10.0 Å². The van der Waals surface area contributed by atoms with Crippen molar-refractivity contribution >= 4 is 40.0 Å². The van der Waals surface area contributed by atoms with Crippen LogP contribution in [0.15, 0.2) is 59.7 Å². The van der Waals surface area contributed by atoms with E-state index < -0.39 is 0 Å². The smallest absolute Gasteiger partial charge is 0.126 e. The van der Waals surface area contributed by atoms with Crippen LogP contribution in [-0.4, -0.2) is 9.61 Å². The fraction of sp³-hybridized carbons (Fsp3) is 0.150. The molecule has 3 aromatic rings. The zero-order valence-electron chi connectivity index (χ0n) is 14.3. The number of aryl methyl sites for hydroxylation is 1. The van der Waals surface area contributed by atoms with E-state index in [1.54, 1.807) is 11.8 Å². The van der Waals surface area contributed by atoms with Crippen molar-refractivity contribution in [1.82, 2.24) is 9.99 Å². The third-order valence-electron chi connectivity index (χ3n) is 4.45. The average molecular weight is 402 g/mol. The lowest BCUT2D eigenvalue weighted by Crippen LogP contribution is -2.08. The second-order valence-electron chi connectivity index (χ2n) is 6.17. The van der Waals surface area contributed by atoms with E-state index in [-0.39, 0.29) is 5.37 Å². The molecule has 132 valence electrons. The summed E-state index contributed by atoms with van der Waals surface area (Å²) in [6, 6.07) is 18.1. The Morgan fingerprint density at radius 3 is 2.50 bits per heavy atom. The van der Waals surface area contributed by atoms with Crippen LogP contribution >= 0.6 is 35.0 Å². The monoisotopic (exact) mass is 401 g/mol. The van der Waals surface area contributed by atoms with Gasteiger partial charge in [0.25, 0.3) is 0 Å². The van der Waals surface area contributed by atoms with E-state index in [1.165, 1.54) is 5.56 Å². The van der Waals surface area contributed by atoms with Gasteiger partial charge in [-0.2, -0.15) is 5.10 Å². The van der Waals surface area contributed by atoms with Gasteiger partial charge in [-0.05, 0) is 38.1 Å². The van der Waals surface area contributed by atoms with E-state index in [1.807, 2.05) is 36.4 Å². The molecule has 1 atom stereocenters. The Morgan fingerprint density at radius 2 is 1.77 bits per heavy atom. The van der Waals surface area contributed by atoms with Gasteiger partial charge in [0, 0.05) is 28.2 Å². The first-order chi connectivity index (χ1) is 12.5. The van der Waals surface area contributed by atoms with Crippen molar-refractivity contribution < 1.29 is 0 Å². The fourth-order valence-corrected chi connectivity index (χ4v) is 4.57. The molecule has 0 bridgehead atoms. The van der Waals surface area contributed by atoms with Crippen LogP contribution in [0.1, 0.15) is 27.9 Å². The number of thioether (sulfide) groups is 1. The van der Waals surface area contributed by atoms with Crippen LogP contribution in [0.25, 0.3) is 5.69 Å². The van der Waals surface area contributed by atoms with Gasteiger partial charge in [0.2, 0.25) is 0 Å². The Balaban J connectivity index is 1.64. The average Bonchev–Trinajstić information content (AvgIpc) is 3.23. The molecular formula is C20H17Cl2N3S. The molecule has 0 spiro atoms. The molecule has 26 heavy (non-hydrogen) atoms. The molecule has 0 aliphatic carbocycles. The first-order valence-electron chi connectivity index (χ1n) is 8.24. The second kappa shape index (κ2) is 7.03. The van der Waals surface area contributed by atoms with E-state index >= 15 is 0 Å². The van der Waals surface area contributed by atoms with Gasteiger partial charge < -0.3 is 4.57 Å². The summed E-state index contributed by atoms with van der Waals surface area (Å²) >= 11 is 14.0. The molecule has 1 N–H and O–H groups in total. The maximum absolute atomic E-state index is 6.21. The summed E-state index contributed by atoms with van der Waals surface area (Å²) in [7, 11) is 0. The number of halogens is 2. The molecule has 1 aliphatic heterocycles. The number of hydrazone groups is 1. The predicted octanol–water partition coefficient (Wildman–Crippen LogP) is 6.10. The third-order valence-corrected chi connectivity index (χ3v) is 6.33. The molecule has 4 rings (SSSR count).